The van der Waals surface area contributed by atoms with Gasteiger partial charge in [-0.15, -0.1) is 0 Å². The third-order valence-corrected chi connectivity index (χ3v) is 3.71. The van der Waals surface area contributed by atoms with Crippen LogP contribution in [0.4, 0.5) is 0 Å². The van der Waals surface area contributed by atoms with Crippen LogP contribution in [-0.4, -0.2) is 41.5 Å². The summed E-state index contributed by atoms with van der Waals surface area (Å²) in [5.74, 6) is 0.823. The first-order valence-electron chi connectivity index (χ1n) is 7.08. The van der Waals surface area contributed by atoms with Gasteiger partial charge in [0, 0.05) is 38.5 Å². The Morgan fingerprint density at radius 1 is 1.50 bits per heavy atom. The van der Waals surface area contributed by atoms with Gasteiger partial charge in [-0.2, -0.15) is 0 Å². The summed E-state index contributed by atoms with van der Waals surface area (Å²) in [6.45, 7) is 4.60. The first-order valence-corrected chi connectivity index (χ1v) is 7.08. The fourth-order valence-electron chi connectivity index (χ4n) is 2.60. The van der Waals surface area contributed by atoms with Crippen LogP contribution in [0.5, 0.6) is 0 Å². The molecule has 0 unspecified atom stereocenters. The van der Waals surface area contributed by atoms with Gasteiger partial charge in [0.05, 0.1) is 0 Å². The molecule has 1 amide bonds. The van der Waals surface area contributed by atoms with Gasteiger partial charge in [-0.05, 0) is 19.1 Å². The van der Waals surface area contributed by atoms with E-state index in [0.29, 0.717) is 18.7 Å². The highest BCUT2D eigenvalue weighted by Crippen LogP contribution is 2.16. The summed E-state index contributed by atoms with van der Waals surface area (Å²) in [6.07, 6.45) is 1.02. The molecule has 1 aliphatic rings. The molecule has 1 atom stereocenters. The van der Waals surface area contributed by atoms with E-state index in [-0.39, 0.29) is 11.9 Å². The first-order chi connectivity index (χ1) is 9.74. The van der Waals surface area contributed by atoms with Crippen LogP contribution in [0.25, 0.3) is 11.1 Å². The molecule has 3 rings (SSSR count). The average Bonchev–Trinajstić information content (AvgIpc) is 2.88. The Balaban J connectivity index is 1.62. The van der Waals surface area contributed by atoms with E-state index < -0.39 is 0 Å². The summed E-state index contributed by atoms with van der Waals surface area (Å²) in [7, 11) is 0. The number of benzene rings is 1. The van der Waals surface area contributed by atoms with E-state index in [2.05, 4.69) is 17.2 Å². The number of para-hydroxylation sites is 2. The molecule has 1 aromatic heterocycles. The second-order valence-corrected chi connectivity index (χ2v) is 5.22. The molecule has 1 aromatic carbocycles. The number of nitrogens with one attached hydrogen (secondary N) is 1. The molecule has 106 valence electrons. The molecule has 0 spiro atoms. The quantitative estimate of drug-likeness (QED) is 0.922. The zero-order valence-corrected chi connectivity index (χ0v) is 11.6. The Morgan fingerprint density at radius 2 is 2.35 bits per heavy atom. The van der Waals surface area contributed by atoms with Crippen LogP contribution in [0.15, 0.2) is 28.7 Å². The van der Waals surface area contributed by atoms with E-state index in [1.807, 2.05) is 29.2 Å². The van der Waals surface area contributed by atoms with Crippen molar-refractivity contribution in [1.29, 1.82) is 0 Å². The third kappa shape index (κ3) is 2.67. The van der Waals surface area contributed by atoms with Gasteiger partial charge in [0.15, 0.2) is 11.5 Å². The molecule has 2 aromatic rings. The minimum atomic E-state index is 0.182. The lowest BCUT2D eigenvalue weighted by atomic mass is 10.2. The minimum Gasteiger partial charge on any atom is -0.441 e. The summed E-state index contributed by atoms with van der Waals surface area (Å²) in [5.41, 5.74) is 1.64. The number of hydrogen-bond acceptors (Lipinski definition) is 4. The fourth-order valence-corrected chi connectivity index (χ4v) is 2.60. The van der Waals surface area contributed by atoms with E-state index in [4.69, 9.17) is 4.42 Å². The topological polar surface area (TPSA) is 58.4 Å². The second kappa shape index (κ2) is 5.63. The van der Waals surface area contributed by atoms with Crippen molar-refractivity contribution >= 4 is 17.0 Å². The Bertz CT molecular complexity index is 575. The van der Waals surface area contributed by atoms with E-state index in [1.165, 1.54) is 0 Å². The predicted octanol–water partition coefficient (Wildman–Crippen LogP) is 1.58. The maximum atomic E-state index is 12.2. The lowest BCUT2D eigenvalue weighted by Gasteiger charge is -2.34. The molecule has 0 bridgehead atoms. The molecule has 5 heteroatoms. The van der Waals surface area contributed by atoms with Crippen LogP contribution in [0.2, 0.25) is 0 Å². The Kier molecular flexibility index (Phi) is 3.69. The first kappa shape index (κ1) is 13.1. The molecule has 1 saturated heterocycles. The number of piperazine rings is 1. The van der Waals surface area contributed by atoms with Crippen molar-refractivity contribution in [3.05, 3.63) is 30.2 Å². The van der Waals surface area contributed by atoms with Gasteiger partial charge < -0.3 is 14.6 Å². The smallest absolute Gasteiger partial charge is 0.223 e. The average molecular weight is 273 g/mol. The van der Waals surface area contributed by atoms with Crippen LogP contribution < -0.4 is 5.32 Å². The normalized spacial score (nSPS) is 19.4. The van der Waals surface area contributed by atoms with Crippen molar-refractivity contribution in [2.24, 2.45) is 0 Å². The van der Waals surface area contributed by atoms with E-state index >= 15 is 0 Å². The summed E-state index contributed by atoms with van der Waals surface area (Å²) in [4.78, 5) is 18.6. The number of carbonyl (C=O) groups excluding carboxylic acids is 1. The minimum absolute atomic E-state index is 0.182. The van der Waals surface area contributed by atoms with Crippen molar-refractivity contribution in [1.82, 2.24) is 15.2 Å². The van der Waals surface area contributed by atoms with Gasteiger partial charge in [-0.1, -0.05) is 12.1 Å². The number of carbonyl (C=O) groups is 1. The van der Waals surface area contributed by atoms with E-state index in [9.17, 15) is 4.79 Å². The highest BCUT2D eigenvalue weighted by Gasteiger charge is 2.22. The van der Waals surface area contributed by atoms with Crippen molar-refractivity contribution in [2.45, 2.75) is 25.8 Å². The Labute approximate surface area is 118 Å². The number of rotatable bonds is 3. The number of aryl methyl sites for hydroxylation is 1. The van der Waals surface area contributed by atoms with Crippen molar-refractivity contribution in [3.63, 3.8) is 0 Å². The van der Waals surface area contributed by atoms with Crippen molar-refractivity contribution in [2.75, 3.05) is 19.6 Å². The van der Waals surface area contributed by atoms with Gasteiger partial charge in [0.1, 0.15) is 5.52 Å². The number of oxazole rings is 1. The summed E-state index contributed by atoms with van der Waals surface area (Å²) >= 11 is 0. The molecule has 1 N–H and O–H groups in total. The van der Waals surface area contributed by atoms with Gasteiger partial charge in [-0.3, -0.25) is 4.79 Å². The Morgan fingerprint density at radius 3 is 3.15 bits per heavy atom. The van der Waals surface area contributed by atoms with Crippen molar-refractivity contribution < 1.29 is 9.21 Å². The molecule has 0 radical (unpaired) electrons. The molecule has 1 aliphatic heterocycles. The summed E-state index contributed by atoms with van der Waals surface area (Å²) in [6, 6.07) is 7.93. The summed E-state index contributed by atoms with van der Waals surface area (Å²) in [5, 5.41) is 3.29. The predicted molar refractivity (Wildman–Crippen MR) is 76.4 cm³/mol. The van der Waals surface area contributed by atoms with Crippen LogP contribution in [0.3, 0.4) is 0 Å². The lowest BCUT2D eigenvalue weighted by molar-refractivity contribution is -0.134. The maximum absolute atomic E-state index is 12.2. The van der Waals surface area contributed by atoms with Gasteiger partial charge in [0.25, 0.3) is 0 Å². The van der Waals surface area contributed by atoms with E-state index in [0.717, 1.165) is 30.7 Å². The van der Waals surface area contributed by atoms with Crippen LogP contribution >= 0.6 is 0 Å². The molecule has 2 heterocycles. The highest BCUT2D eigenvalue weighted by molar-refractivity contribution is 5.77. The number of fused-ring (bicyclic) bond motifs is 1. The van der Waals surface area contributed by atoms with Crippen LogP contribution in [-0.2, 0) is 11.2 Å². The summed E-state index contributed by atoms with van der Waals surface area (Å²) < 4.78 is 5.64. The third-order valence-electron chi connectivity index (χ3n) is 3.71. The number of aromatic nitrogens is 1. The monoisotopic (exact) mass is 273 g/mol. The molecule has 0 saturated carbocycles. The van der Waals surface area contributed by atoms with E-state index in [1.54, 1.807) is 0 Å². The van der Waals surface area contributed by atoms with Gasteiger partial charge >= 0.3 is 0 Å². The largest absolute Gasteiger partial charge is 0.441 e. The zero-order chi connectivity index (χ0) is 13.9. The standard InChI is InChI=1S/C15H19N3O2/c1-11-10-16-8-9-18(11)15(19)7-6-14-17-12-4-2-3-5-13(12)20-14/h2-5,11,16H,6-10H2,1H3/t11-/m0/s1. The molecular formula is C15H19N3O2. The molecule has 0 aliphatic carbocycles. The highest BCUT2D eigenvalue weighted by atomic mass is 16.3. The fraction of sp³-hybridized carbons (Fsp3) is 0.467. The van der Waals surface area contributed by atoms with Gasteiger partial charge in [0.2, 0.25) is 5.91 Å². The van der Waals surface area contributed by atoms with Crippen LogP contribution in [0.1, 0.15) is 19.2 Å². The lowest BCUT2D eigenvalue weighted by Crippen LogP contribution is -2.52. The zero-order valence-electron chi connectivity index (χ0n) is 11.6. The molecule has 1 fully saturated rings. The number of amides is 1. The SMILES string of the molecule is C[C@H]1CNCCN1C(=O)CCc1nc2ccccc2o1. The second-order valence-electron chi connectivity index (χ2n) is 5.22. The molecular weight excluding hydrogens is 254 g/mol. The number of nitrogens with zero attached hydrogens (tertiary/aromatic N) is 2. The molecule has 5 nitrogen and oxygen atoms in total. The van der Waals surface area contributed by atoms with Gasteiger partial charge in [-0.25, -0.2) is 4.98 Å². The Hall–Kier alpha value is -1.88. The van der Waals surface area contributed by atoms with Crippen LogP contribution in [0, 0.1) is 0 Å². The maximum Gasteiger partial charge on any atom is 0.223 e. The number of hydrogen-bond donors (Lipinski definition) is 1. The van der Waals surface area contributed by atoms with Crippen molar-refractivity contribution in [3.8, 4) is 0 Å². The molecule has 20 heavy (non-hydrogen) atoms.